The maximum Gasteiger partial charge on any atom is 0.0766 e. The van der Waals surface area contributed by atoms with Gasteiger partial charge in [-0.05, 0) is 31.5 Å². The molecule has 0 radical (unpaired) electrons. The smallest absolute Gasteiger partial charge is 0.0766 e. The number of hydrogen-bond donors (Lipinski definition) is 1. The minimum atomic E-state index is 0.483. The summed E-state index contributed by atoms with van der Waals surface area (Å²) in [6.07, 6.45) is 2.02. The van der Waals surface area contributed by atoms with E-state index >= 15 is 0 Å². The van der Waals surface area contributed by atoms with Crippen molar-refractivity contribution in [3.8, 4) is 5.69 Å². The predicted octanol–water partition coefficient (Wildman–Crippen LogP) is 2.99. The van der Waals surface area contributed by atoms with Crippen LogP contribution in [0.1, 0.15) is 30.7 Å². The van der Waals surface area contributed by atoms with E-state index in [9.17, 15) is 0 Å². The van der Waals surface area contributed by atoms with Crippen molar-refractivity contribution in [2.75, 3.05) is 0 Å². The first-order valence-electron chi connectivity index (χ1n) is 6.42. The number of benzene rings is 1. The molecule has 3 heteroatoms. The molecule has 3 nitrogen and oxygen atoms in total. The van der Waals surface area contributed by atoms with E-state index in [1.807, 2.05) is 10.9 Å². The molecule has 2 rings (SSSR count). The molecule has 0 amide bonds. The van der Waals surface area contributed by atoms with Crippen LogP contribution in [-0.4, -0.2) is 15.8 Å². The molecule has 0 spiro atoms. The summed E-state index contributed by atoms with van der Waals surface area (Å²) < 4.78 is 1.95. The Morgan fingerprint density at radius 2 is 2.00 bits per heavy atom. The molecule has 1 aromatic carbocycles. The Balaban J connectivity index is 2.18. The van der Waals surface area contributed by atoms with Crippen LogP contribution in [0.4, 0.5) is 0 Å². The quantitative estimate of drug-likeness (QED) is 0.894. The summed E-state index contributed by atoms with van der Waals surface area (Å²) >= 11 is 0. The molecule has 0 aliphatic rings. The fraction of sp³-hybridized carbons (Fsp3) is 0.400. The summed E-state index contributed by atoms with van der Waals surface area (Å²) in [6.45, 7) is 9.33. The van der Waals surface area contributed by atoms with Crippen molar-refractivity contribution >= 4 is 0 Å². The van der Waals surface area contributed by atoms with Gasteiger partial charge in [-0.2, -0.15) is 5.10 Å². The van der Waals surface area contributed by atoms with Gasteiger partial charge < -0.3 is 5.32 Å². The number of hydrogen-bond acceptors (Lipinski definition) is 2. The molecule has 0 unspecified atom stereocenters. The van der Waals surface area contributed by atoms with Gasteiger partial charge >= 0.3 is 0 Å². The van der Waals surface area contributed by atoms with Crippen LogP contribution >= 0.6 is 0 Å². The Morgan fingerprint density at radius 3 is 2.67 bits per heavy atom. The third-order valence-corrected chi connectivity index (χ3v) is 2.93. The van der Waals surface area contributed by atoms with Crippen molar-refractivity contribution in [2.45, 2.75) is 40.3 Å². The second kappa shape index (κ2) is 5.36. The van der Waals surface area contributed by atoms with Gasteiger partial charge in [0.2, 0.25) is 0 Å². The van der Waals surface area contributed by atoms with E-state index < -0.39 is 0 Å². The number of nitrogens with zero attached hydrogens (tertiary/aromatic N) is 2. The average molecular weight is 243 g/mol. The van der Waals surface area contributed by atoms with E-state index in [0.717, 1.165) is 17.9 Å². The van der Waals surface area contributed by atoms with Gasteiger partial charge in [-0.15, -0.1) is 0 Å². The summed E-state index contributed by atoms with van der Waals surface area (Å²) in [7, 11) is 0. The number of aryl methyl sites for hydroxylation is 2. The van der Waals surface area contributed by atoms with Crippen LogP contribution in [0.15, 0.2) is 30.5 Å². The van der Waals surface area contributed by atoms with E-state index in [0.29, 0.717) is 6.04 Å². The molecule has 0 bridgehead atoms. The summed E-state index contributed by atoms with van der Waals surface area (Å²) in [5, 5.41) is 7.97. The zero-order chi connectivity index (χ0) is 13.1. The zero-order valence-corrected chi connectivity index (χ0v) is 11.6. The third kappa shape index (κ3) is 2.99. The first-order valence-corrected chi connectivity index (χ1v) is 6.42. The first kappa shape index (κ1) is 12.8. The highest BCUT2D eigenvalue weighted by Gasteiger charge is 2.04. The second-order valence-corrected chi connectivity index (χ2v) is 5.08. The van der Waals surface area contributed by atoms with E-state index in [4.69, 9.17) is 0 Å². The van der Waals surface area contributed by atoms with E-state index in [1.54, 1.807) is 0 Å². The summed E-state index contributed by atoms with van der Waals surface area (Å²) in [6, 6.07) is 8.97. The molecule has 1 heterocycles. The fourth-order valence-corrected chi connectivity index (χ4v) is 1.96. The van der Waals surface area contributed by atoms with Crippen molar-refractivity contribution in [3.63, 3.8) is 0 Å². The molecule has 0 aliphatic heterocycles. The highest BCUT2D eigenvalue weighted by molar-refractivity contribution is 5.41. The fourth-order valence-electron chi connectivity index (χ4n) is 1.96. The van der Waals surface area contributed by atoms with Gasteiger partial charge in [0, 0.05) is 18.8 Å². The molecule has 1 aromatic heterocycles. The molecular weight excluding hydrogens is 222 g/mol. The van der Waals surface area contributed by atoms with Crippen molar-refractivity contribution in [2.24, 2.45) is 0 Å². The molecular formula is C15H21N3. The van der Waals surface area contributed by atoms with Crippen LogP contribution in [0.3, 0.4) is 0 Å². The standard InChI is InChI=1S/C15H21N3/c1-11(2)16-10-14-7-8-18(17-14)15-6-5-12(3)9-13(15)4/h5-9,11,16H,10H2,1-4H3. The van der Waals surface area contributed by atoms with Crippen LogP contribution in [0, 0.1) is 13.8 Å². The molecule has 0 saturated heterocycles. The number of rotatable bonds is 4. The molecule has 2 aromatic rings. The Hall–Kier alpha value is -1.61. The number of aromatic nitrogens is 2. The van der Waals surface area contributed by atoms with Crippen molar-refractivity contribution in [3.05, 3.63) is 47.3 Å². The predicted molar refractivity (Wildman–Crippen MR) is 75.0 cm³/mol. The maximum atomic E-state index is 4.60. The van der Waals surface area contributed by atoms with Crippen LogP contribution in [0.2, 0.25) is 0 Å². The monoisotopic (exact) mass is 243 g/mol. The lowest BCUT2D eigenvalue weighted by Crippen LogP contribution is -2.22. The van der Waals surface area contributed by atoms with Gasteiger partial charge in [-0.3, -0.25) is 0 Å². The third-order valence-electron chi connectivity index (χ3n) is 2.93. The lowest BCUT2D eigenvalue weighted by molar-refractivity contribution is 0.578. The largest absolute Gasteiger partial charge is 0.309 e. The highest BCUT2D eigenvalue weighted by atomic mass is 15.3. The van der Waals surface area contributed by atoms with Crippen LogP contribution in [0.25, 0.3) is 5.69 Å². The summed E-state index contributed by atoms with van der Waals surface area (Å²) in [5.41, 5.74) is 4.76. The number of nitrogens with one attached hydrogen (secondary N) is 1. The second-order valence-electron chi connectivity index (χ2n) is 5.08. The minimum absolute atomic E-state index is 0.483. The van der Waals surface area contributed by atoms with Crippen LogP contribution < -0.4 is 5.32 Å². The van der Waals surface area contributed by atoms with Crippen molar-refractivity contribution < 1.29 is 0 Å². The first-order chi connectivity index (χ1) is 8.56. The van der Waals surface area contributed by atoms with Gasteiger partial charge in [0.05, 0.1) is 11.4 Å². The van der Waals surface area contributed by atoms with Crippen molar-refractivity contribution in [1.82, 2.24) is 15.1 Å². The normalized spacial score (nSPS) is 11.2. The highest BCUT2D eigenvalue weighted by Crippen LogP contribution is 2.15. The van der Waals surface area contributed by atoms with Crippen LogP contribution in [-0.2, 0) is 6.54 Å². The maximum absolute atomic E-state index is 4.60. The Morgan fingerprint density at radius 1 is 1.22 bits per heavy atom. The molecule has 0 fully saturated rings. The van der Waals surface area contributed by atoms with E-state index in [1.165, 1.54) is 11.1 Å². The lowest BCUT2D eigenvalue weighted by Gasteiger charge is -2.07. The molecule has 0 saturated carbocycles. The van der Waals surface area contributed by atoms with E-state index in [2.05, 4.69) is 62.4 Å². The van der Waals surface area contributed by atoms with Crippen LogP contribution in [0.5, 0.6) is 0 Å². The molecule has 96 valence electrons. The Bertz CT molecular complexity index is 526. The summed E-state index contributed by atoms with van der Waals surface area (Å²) in [5.74, 6) is 0. The van der Waals surface area contributed by atoms with Gasteiger partial charge in [0.15, 0.2) is 0 Å². The Kier molecular flexibility index (Phi) is 3.82. The van der Waals surface area contributed by atoms with Gasteiger partial charge in [-0.1, -0.05) is 31.5 Å². The SMILES string of the molecule is Cc1ccc(-n2ccc(CNC(C)C)n2)c(C)c1. The van der Waals surface area contributed by atoms with Gasteiger partial charge in [0.1, 0.15) is 0 Å². The summed E-state index contributed by atoms with van der Waals surface area (Å²) in [4.78, 5) is 0. The minimum Gasteiger partial charge on any atom is -0.309 e. The average Bonchev–Trinajstić information content (AvgIpc) is 2.75. The molecule has 0 atom stereocenters. The lowest BCUT2D eigenvalue weighted by atomic mass is 10.1. The van der Waals surface area contributed by atoms with E-state index in [-0.39, 0.29) is 0 Å². The topological polar surface area (TPSA) is 29.9 Å². The molecule has 0 aliphatic carbocycles. The Labute approximate surface area is 109 Å². The molecule has 1 N–H and O–H groups in total. The van der Waals surface area contributed by atoms with Crippen molar-refractivity contribution in [1.29, 1.82) is 0 Å². The zero-order valence-electron chi connectivity index (χ0n) is 11.6. The van der Waals surface area contributed by atoms with Gasteiger partial charge in [0.25, 0.3) is 0 Å². The molecule has 18 heavy (non-hydrogen) atoms. The van der Waals surface area contributed by atoms with Gasteiger partial charge in [-0.25, -0.2) is 4.68 Å².